The fraction of sp³-hybridized carbons (Fsp3) is 0.933. The highest BCUT2D eigenvalue weighted by molar-refractivity contribution is 5.77. The Kier molecular flexibility index (Phi) is 5.22. The Hall–Kier alpha value is -0.610. The Bertz CT molecular complexity index is 295. The van der Waals surface area contributed by atoms with Crippen LogP contribution in [0.4, 0.5) is 0 Å². The Morgan fingerprint density at radius 3 is 2.53 bits per heavy atom. The number of carbonyl (C=O) groups excluding carboxylic acids is 1. The molecular weight excluding hydrogens is 240 g/mol. The zero-order valence-electron chi connectivity index (χ0n) is 12.1. The number of amides is 1. The predicted octanol–water partition coefficient (Wildman–Crippen LogP) is 1.97. The number of hydrogen-bond donors (Lipinski definition) is 2. The topological polar surface area (TPSA) is 64.3 Å². The molecule has 0 aromatic heterocycles. The van der Waals surface area contributed by atoms with Crippen LogP contribution >= 0.6 is 0 Å². The van der Waals surface area contributed by atoms with E-state index >= 15 is 0 Å². The van der Waals surface area contributed by atoms with Gasteiger partial charge in [0.2, 0.25) is 5.91 Å². The third kappa shape index (κ3) is 4.46. The molecule has 0 unspecified atom stereocenters. The van der Waals surface area contributed by atoms with Crippen LogP contribution in [0.15, 0.2) is 0 Å². The third-order valence-electron chi connectivity index (χ3n) is 4.54. The molecule has 0 bridgehead atoms. The largest absolute Gasteiger partial charge is 0.364 e. The maximum Gasteiger partial charge on any atom is 0.246 e. The molecule has 0 spiro atoms. The van der Waals surface area contributed by atoms with Gasteiger partial charge in [-0.3, -0.25) is 4.79 Å². The number of ether oxygens (including phenoxy) is 1. The zero-order chi connectivity index (χ0) is 13.7. The molecule has 2 saturated carbocycles. The summed E-state index contributed by atoms with van der Waals surface area (Å²) in [5, 5.41) is 2.96. The van der Waals surface area contributed by atoms with Gasteiger partial charge in [0.25, 0.3) is 0 Å². The third-order valence-corrected chi connectivity index (χ3v) is 4.54. The number of hydrogen-bond acceptors (Lipinski definition) is 3. The fourth-order valence-corrected chi connectivity index (χ4v) is 3.02. The summed E-state index contributed by atoms with van der Waals surface area (Å²) in [5.41, 5.74) is 5.66. The monoisotopic (exact) mass is 268 g/mol. The maximum absolute atomic E-state index is 11.7. The summed E-state index contributed by atoms with van der Waals surface area (Å²) >= 11 is 0. The van der Waals surface area contributed by atoms with Crippen LogP contribution in [0.5, 0.6) is 0 Å². The minimum atomic E-state index is -0.245. The number of rotatable bonds is 7. The summed E-state index contributed by atoms with van der Waals surface area (Å²) in [4.78, 5) is 11.7. The first-order valence-electron chi connectivity index (χ1n) is 7.81. The van der Waals surface area contributed by atoms with Crippen molar-refractivity contribution in [2.75, 3.05) is 13.2 Å². The Labute approximate surface area is 116 Å². The van der Waals surface area contributed by atoms with Gasteiger partial charge in [0, 0.05) is 12.6 Å². The molecule has 2 aliphatic rings. The van der Waals surface area contributed by atoms with E-state index < -0.39 is 0 Å². The molecule has 2 aliphatic carbocycles. The minimum absolute atomic E-state index is 0.0195. The van der Waals surface area contributed by atoms with Crippen molar-refractivity contribution in [1.82, 2.24) is 5.32 Å². The van der Waals surface area contributed by atoms with Crippen LogP contribution in [0, 0.1) is 5.92 Å². The molecule has 0 heterocycles. The normalized spacial score (nSPS) is 31.2. The molecule has 0 aliphatic heterocycles. The van der Waals surface area contributed by atoms with E-state index in [0.29, 0.717) is 12.6 Å². The Balaban J connectivity index is 1.73. The molecular formula is C15H28N2O2. The lowest BCUT2D eigenvalue weighted by Gasteiger charge is -2.39. The van der Waals surface area contributed by atoms with Gasteiger partial charge in [-0.15, -0.1) is 0 Å². The summed E-state index contributed by atoms with van der Waals surface area (Å²) < 4.78 is 5.90. The highest BCUT2D eigenvalue weighted by atomic mass is 16.5. The van der Waals surface area contributed by atoms with Crippen molar-refractivity contribution in [3.63, 3.8) is 0 Å². The van der Waals surface area contributed by atoms with Crippen LogP contribution in [-0.2, 0) is 9.53 Å². The second-order valence-corrected chi connectivity index (χ2v) is 6.25. The molecule has 0 atom stereocenters. The molecule has 4 nitrogen and oxygen atoms in total. The van der Waals surface area contributed by atoms with E-state index in [1.54, 1.807) is 0 Å². The number of nitrogens with two attached hydrogens (primary N) is 1. The summed E-state index contributed by atoms with van der Waals surface area (Å²) in [6.07, 6.45) is 9.19. The first kappa shape index (κ1) is 14.8. The first-order chi connectivity index (χ1) is 9.17. The molecule has 0 aromatic carbocycles. The van der Waals surface area contributed by atoms with Crippen molar-refractivity contribution in [1.29, 1.82) is 0 Å². The van der Waals surface area contributed by atoms with Gasteiger partial charge in [-0.2, -0.15) is 0 Å². The van der Waals surface area contributed by atoms with Gasteiger partial charge in [-0.25, -0.2) is 0 Å². The molecule has 0 radical (unpaired) electrons. The summed E-state index contributed by atoms with van der Waals surface area (Å²) in [6, 6.07) is 0.408. The quantitative estimate of drug-likeness (QED) is 0.742. The molecule has 0 aromatic rings. The van der Waals surface area contributed by atoms with Crippen LogP contribution in [0.25, 0.3) is 0 Å². The average Bonchev–Trinajstić information content (AvgIpc) is 3.23. The van der Waals surface area contributed by atoms with Gasteiger partial charge >= 0.3 is 0 Å². The lowest BCUT2D eigenvalue weighted by atomic mass is 9.77. The van der Waals surface area contributed by atoms with Crippen molar-refractivity contribution >= 4 is 5.91 Å². The van der Waals surface area contributed by atoms with E-state index in [-0.39, 0.29) is 18.1 Å². The van der Waals surface area contributed by atoms with Crippen LogP contribution in [0.1, 0.15) is 58.3 Å². The lowest BCUT2D eigenvalue weighted by Crippen LogP contribution is -2.46. The summed E-state index contributed by atoms with van der Waals surface area (Å²) in [7, 11) is 0. The maximum atomic E-state index is 11.7. The Morgan fingerprint density at radius 1 is 1.32 bits per heavy atom. The highest BCUT2D eigenvalue weighted by Gasteiger charge is 2.35. The second kappa shape index (κ2) is 6.71. The smallest absolute Gasteiger partial charge is 0.246 e. The van der Waals surface area contributed by atoms with Crippen molar-refractivity contribution in [3.8, 4) is 0 Å². The standard InChI is InChI=1S/C15H28N2O2/c1-2-3-12-6-8-15(11-16,9-7-12)19-10-14(18)17-13-4-5-13/h12-13H,2-11,16H2,1H3,(H,17,18). The van der Waals surface area contributed by atoms with Crippen LogP contribution in [0.3, 0.4) is 0 Å². The fourth-order valence-electron chi connectivity index (χ4n) is 3.02. The molecule has 1 amide bonds. The van der Waals surface area contributed by atoms with Gasteiger partial charge in [-0.05, 0) is 44.4 Å². The molecule has 3 N–H and O–H groups in total. The van der Waals surface area contributed by atoms with Crippen molar-refractivity contribution in [3.05, 3.63) is 0 Å². The highest BCUT2D eigenvalue weighted by Crippen LogP contribution is 2.36. The van der Waals surface area contributed by atoms with E-state index in [2.05, 4.69) is 12.2 Å². The SMILES string of the molecule is CCCC1CCC(CN)(OCC(=O)NC2CC2)CC1. The lowest BCUT2D eigenvalue weighted by molar-refractivity contribution is -0.136. The van der Waals surface area contributed by atoms with Crippen LogP contribution < -0.4 is 11.1 Å². The molecule has 2 fully saturated rings. The van der Waals surface area contributed by atoms with Gasteiger partial charge in [0.1, 0.15) is 6.61 Å². The van der Waals surface area contributed by atoms with Crippen molar-refractivity contribution in [2.45, 2.75) is 69.9 Å². The molecule has 4 heteroatoms. The molecule has 19 heavy (non-hydrogen) atoms. The molecule has 110 valence electrons. The minimum Gasteiger partial charge on any atom is -0.364 e. The van der Waals surface area contributed by atoms with Gasteiger partial charge in [0.15, 0.2) is 0 Å². The van der Waals surface area contributed by atoms with Crippen LogP contribution in [-0.4, -0.2) is 30.7 Å². The zero-order valence-corrected chi connectivity index (χ0v) is 12.1. The first-order valence-corrected chi connectivity index (χ1v) is 7.81. The second-order valence-electron chi connectivity index (χ2n) is 6.25. The Morgan fingerprint density at radius 2 is 2.00 bits per heavy atom. The average molecular weight is 268 g/mol. The summed E-state index contributed by atoms with van der Waals surface area (Å²) in [5.74, 6) is 0.847. The molecule has 0 saturated heterocycles. The van der Waals surface area contributed by atoms with Gasteiger partial charge < -0.3 is 15.8 Å². The van der Waals surface area contributed by atoms with E-state index in [1.807, 2.05) is 0 Å². The van der Waals surface area contributed by atoms with Gasteiger partial charge in [-0.1, -0.05) is 19.8 Å². The van der Waals surface area contributed by atoms with Gasteiger partial charge in [0.05, 0.1) is 5.60 Å². The predicted molar refractivity (Wildman–Crippen MR) is 75.8 cm³/mol. The van der Waals surface area contributed by atoms with E-state index in [0.717, 1.165) is 31.6 Å². The van der Waals surface area contributed by atoms with E-state index in [4.69, 9.17) is 10.5 Å². The van der Waals surface area contributed by atoms with Crippen molar-refractivity contribution < 1.29 is 9.53 Å². The number of nitrogens with one attached hydrogen (secondary N) is 1. The summed E-state index contributed by atoms with van der Waals surface area (Å²) in [6.45, 7) is 2.94. The van der Waals surface area contributed by atoms with Crippen molar-refractivity contribution in [2.24, 2.45) is 11.7 Å². The van der Waals surface area contributed by atoms with Crippen LogP contribution in [0.2, 0.25) is 0 Å². The molecule has 2 rings (SSSR count). The van der Waals surface area contributed by atoms with E-state index in [1.165, 1.54) is 25.7 Å². The van der Waals surface area contributed by atoms with E-state index in [9.17, 15) is 4.79 Å². The number of carbonyl (C=O) groups is 1.